The maximum Gasteiger partial charge on any atom is 0.328 e. The first-order valence-electron chi connectivity index (χ1n) is 8.73. The van der Waals surface area contributed by atoms with Crippen molar-refractivity contribution in [2.75, 3.05) is 7.11 Å². The summed E-state index contributed by atoms with van der Waals surface area (Å²) in [4.78, 5) is 34.9. The number of rotatable bonds is 5. The Morgan fingerprint density at radius 2 is 1.69 bits per heavy atom. The number of benzene rings is 2. The molecule has 4 amide bonds. The molecule has 0 radical (unpaired) electrons. The lowest BCUT2D eigenvalue weighted by atomic mass is 10.1. The second kappa shape index (κ2) is 8.36. The van der Waals surface area contributed by atoms with Gasteiger partial charge in [-0.25, -0.2) is 4.79 Å². The molecule has 2 N–H and O–H groups in total. The van der Waals surface area contributed by atoms with E-state index in [1.54, 1.807) is 12.1 Å². The fraction of sp³-hybridized carbons (Fsp3) is 0.190. The van der Waals surface area contributed by atoms with E-state index in [2.05, 4.69) is 0 Å². The number of hydrogen-bond acceptors (Lipinski definition) is 5. The number of aryl methyl sites for hydroxylation is 2. The third kappa shape index (κ3) is 4.57. The molecule has 1 heterocycles. The van der Waals surface area contributed by atoms with Crippen LogP contribution in [0.15, 0.2) is 35.9 Å². The van der Waals surface area contributed by atoms with Gasteiger partial charge in [0.15, 0.2) is 11.5 Å². The van der Waals surface area contributed by atoms with Crippen LogP contribution in [-0.4, -0.2) is 25.0 Å². The van der Waals surface area contributed by atoms with Crippen LogP contribution in [0.25, 0.3) is 6.08 Å². The Morgan fingerprint density at radius 3 is 2.31 bits per heavy atom. The van der Waals surface area contributed by atoms with Gasteiger partial charge in [-0.15, -0.1) is 0 Å². The third-order valence-corrected chi connectivity index (χ3v) is 4.74. The van der Waals surface area contributed by atoms with E-state index in [0.29, 0.717) is 23.7 Å². The third-order valence-electron chi connectivity index (χ3n) is 4.46. The number of hydrogen-bond donors (Lipinski definition) is 2. The van der Waals surface area contributed by atoms with E-state index in [0.717, 1.165) is 11.1 Å². The average molecular weight is 415 g/mol. The Bertz CT molecular complexity index is 1020. The standard InChI is InChI=1S/C21H19ClN2O5/c1-11-4-5-13(6-12(11)2)10-29-18-16(22)8-14(9-17(18)28-3)7-15-19(25)23-21(27)24-20(15)26/h4-9H,10H2,1-3H3,(H2,23,24,25,26,27). The summed E-state index contributed by atoms with van der Waals surface area (Å²) in [5.41, 5.74) is 3.57. The highest BCUT2D eigenvalue weighted by Gasteiger charge is 2.28. The fourth-order valence-corrected chi connectivity index (χ4v) is 3.06. The molecule has 0 unspecified atom stereocenters. The molecule has 1 aliphatic heterocycles. The molecule has 150 valence electrons. The highest BCUT2D eigenvalue weighted by molar-refractivity contribution is 6.33. The van der Waals surface area contributed by atoms with E-state index in [9.17, 15) is 14.4 Å². The van der Waals surface area contributed by atoms with E-state index in [1.165, 1.54) is 18.7 Å². The van der Waals surface area contributed by atoms with E-state index < -0.39 is 17.8 Å². The number of methoxy groups -OCH3 is 1. The number of amides is 4. The molecular formula is C21H19ClN2O5. The normalized spacial score (nSPS) is 13.7. The number of ether oxygens (including phenoxy) is 2. The van der Waals surface area contributed by atoms with Gasteiger partial charge in [0.2, 0.25) is 0 Å². The van der Waals surface area contributed by atoms with Gasteiger partial charge in [-0.1, -0.05) is 29.8 Å². The van der Waals surface area contributed by atoms with Gasteiger partial charge in [-0.2, -0.15) is 0 Å². The summed E-state index contributed by atoms with van der Waals surface area (Å²) in [6.07, 6.45) is 1.32. The molecule has 0 spiro atoms. The van der Waals surface area contributed by atoms with Crippen molar-refractivity contribution in [3.63, 3.8) is 0 Å². The summed E-state index contributed by atoms with van der Waals surface area (Å²) >= 11 is 6.36. The van der Waals surface area contributed by atoms with Crippen LogP contribution in [0.2, 0.25) is 5.02 Å². The minimum Gasteiger partial charge on any atom is -0.493 e. The van der Waals surface area contributed by atoms with Crippen LogP contribution in [0.1, 0.15) is 22.3 Å². The molecule has 0 bridgehead atoms. The Balaban J connectivity index is 1.86. The van der Waals surface area contributed by atoms with Crippen molar-refractivity contribution >= 4 is 35.5 Å². The van der Waals surface area contributed by atoms with Crippen molar-refractivity contribution in [1.82, 2.24) is 10.6 Å². The Labute approximate surface area is 172 Å². The number of halogens is 1. The van der Waals surface area contributed by atoms with E-state index in [-0.39, 0.29) is 10.6 Å². The van der Waals surface area contributed by atoms with Crippen LogP contribution in [-0.2, 0) is 16.2 Å². The number of imide groups is 2. The predicted molar refractivity (Wildman–Crippen MR) is 108 cm³/mol. The van der Waals surface area contributed by atoms with Gasteiger partial charge >= 0.3 is 6.03 Å². The summed E-state index contributed by atoms with van der Waals surface area (Å²) in [5, 5.41) is 4.29. The van der Waals surface area contributed by atoms with E-state index >= 15 is 0 Å². The van der Waals surface area contributed by atoms with Crippen LogP contribution >= 0.6 is 11.6 Å². The summed E-state index contributed by atoms with van der Waals surface area (Å²) in [6, 6.07) is 8.31. The lowest BCUT2D eigenvalue weighted by molar-refractivity contribution is -0.123. The van der Waals surface area contributed by atoms with Crippen molar-refractivity contribution in [3.05, 3.63) is 63.2 Å². The highest BCUT2D eigenvalue weighted by atomic mass is 35.5. The maximum atomic E-state index is 11.9. The largest absolute Gasteiger partial charge is 0.493 e. The van der Waals surface area contributed by atoms with Crippen LogP contribution in [0.3, 0.4) is 0 Å². The van der Waals surface area contributed by atoms with Gasteiger partial charge in [0.05, 0.1) is 12.1 Å². The van der Waals surface area contributed by atoms with Crippen LogP contribution in [0.5, 0.6) is 11.5 Å². The quantitative estimate of drug-likeness (QED) is 0.578. The Kier molecular flexibility index (Phi) is 5.89. The van der Waals surface area contributed by atoms with Crippen molar-refractivity contribution in [1.29, 1.82) is 0 Å². The second-order valence-electron chi connectivity index (χ2n) is 6.54. The van der Waals surface area contributed by atoms with Gasteiger partial charge in [0, 0.05) is 0 Å². The van der Waals surface area contributed by atoms with Crippen LogP contribution in [0, 0.1) is 13.8 Å². The molecule has 3 rings (SSSR count). The van der Waals surface area contributed by atoms with E-state index in [1.807, 2.05) is 42.7 Å². The molecule has 29 heavy (non-hydrogen) atoms. The predicted octanol–water partition coefficient (Wildman–Crippen LogP) is 3.29. The molecule has 1 fully saturated rings. The smallest absolute Gasteiger partial charge is 0.328 e. The fourth-order valence-electron chi connectivity index (χ4n) is 2.79. The molecule has 0 aromatic heterocycles. The number of urea groups is 1. The van der Waals surface area contributed by atoms with Gasteiger partial charge in [-0.05, 0) is 54.3 Å². The van der Waals surface area contributed by atoms with Gasteiger partial charge < -0.3 is 9.47 Å². The summed E-state index contributed by atoms with van der Waals surface area (Å²) < 4.78 is 11.2. The molecule has 1 aliphatic rings. The first kappa shape index (κ1) is 20.4. The summed E-state index contributed by atoms with van der Waals surface area (Å²) in [6.45, 7) is 4.36. The lowest BCUT2D eigenvalue weighted by Gasteiger charge is -2.16. The van der Waals surface area contributed by atoms with Gasteiger partial charge in [0.1, 0.15) is 12.2 Å². The van der Waals surface area contributed by atoms with Gasteiger partial charge in [-0.3, -0.25) is 20.2 Å². The lowest BCUT2D eigenvalue weighted by Crippen LogP contribution is -2.51. The summed E-state index contributed by atoms with van der Waals surface area (Å²) in [5.74, 6) is -0.879. The molecule has 0 saturated carbocycles. The Morgan fingerprint density at radius 1 is 1.00 bits per heavy atom. The average Bonchev–Trinajstić information content (AvgIpc) is 2.66. The first-order chi connectivity index (χ1) is 13.8. The molecule has 1 saturated heterocycles. The topological polar surface area (TPSA) is 93.7 Å². The maximum absolute atomic E-state index is 11.9. The van der Waals surface area contributed by atoms with Crippen LogP contribution in [0.4, 0.5) is 4.79 Å². The zero-order chi connectivity index (χ0) is 21.1. The molecular weight excluding hydrogens is 396 g/mol. The zero-order valence-corrected chi connectivity index (χ0v) is 16.8. The van der Waals surface area contributed by atoms with Crippen molar-refractivity contribution in [3.8, 4) is 11.5 Å². The SMILES string of the molecule is COc1cc(C=C2C(=O)NC(=O)NC2=O)cc(Cl)c1OCc1ccc(C)c(C)c1. The second-order valence-corrected chi connectivity index (χ2v) is 6.94. The molecule has 8 heteroatoms. The molecule has 7 nitrogen and oxygen atoms in total. The monoisotopic (exact) mass is 414 g/mol. The zero-order valence-electron chi connectivity index (χ0n) is 16.1. The highest BCUT2D eigenvalue weighted by Crippen LogP contribution is 2.37. The minimum atomic E-state index is -0.858. The molecule has 2 aromatic rings. The summed E-state index contributed by atoms with van der Waals surface area (Å²) in [7, 11) is 1.46. The van der Waals surface area contributed by atoms with Crippen molar-refractivity contribution in [2.24, 2.45) is 0 Å². The number of carbonyl (C=O) groups is 3. The van der Waals surface area contributed by atoms with E-state index in [4.69, 9.17) is 21.1 Å². The first-order valence-corrected chi connectivity index (χ1v) is 9.11. The molecule has 0 aliphatic carbocycles. The minimum absolute atomic E-state index is 0.216. The number of carbonyl (C=O) groups excluding carboxylic acids is 3. The van der Waals surface area contributed by atoms with Crippen molar-refractivity contribution < 1.29 is 23.9 Å². The molecule has 0 atom stereocenters. The van der Waals surface area contributed by atoms with Gasteiger partial charge in [0.25, 0.3) is 11.8 Å². The Hall–Kier alpha value is -3.32. The molecule has 2 aromatic carbocycles. The number of barbiturate groups is 1. The van der Waals surface area contributed by atoms with Crippen molar-refractivity contribution in [2.45, 2.75) is 20.5 Å². The van der Waals surface area contributed by atoms with Crippen LogP contribution < -0.4 is 20.1 Å². The number of nitrogens with one attached hydrogen (secondary N) is 2.